The largest absolute Gasteiger partial charge is 0.343 e. The first kappa shape index (κ1) is 19.6. The predicted molar refractivity (Wildman–Crippen MR) is 124 cm³/mol. The lowest BCUT2D eigenvalue weighted by molar-refractivity contribution is -0.162. The Morgan fingerprint density at radius 3 is 2.14 bits per heavy atom. The van der Waals surface area contributed by atoms with Crippen LogP contribution in [0.5, 0.6) is 0 Å². The van der Waals surface area contributed by atoms with E-state index in [0.29, 0.717) is 18.2 Å². The lowest BCUT2D eigenvalue weighted by Crippen LogP contribution is -2.25. The molecule has 4 aromatic rings. The second-order valence-electron chi connectivity index (χ2n) is 7.44. The molecule has 0 aliphatic carbocycles. The first-order chi connectivity index (χ1) is 13.9. The molecule has 2 atom stereocenters. The summed E-state index contributed by atoms with van der Waals surface area (Å²) in [6, 6.07) is 20.5. The van der Waals surface area contributed by atoms with Crippen molar-refractivity contribution < 1.29 is 9.47 Å². The van der Waals surface area contributed by atoms with E-state index in [-0.39, 0.29) is 6.10 Å². The Labute approximate surface area is 190 Å². The van der Waals surface area contributed by atoms with Crippen LogP contribution in [0.15, 0.2) is 69.6 Å². The van der Waals surface area contributed by atoms with Crippen molar-refractivity contribution in [3.05, 3.63) is 80.2 Å². The molecule has 1 aliphatic rings. The molecule has 2 unspecified atom stereocenters. The molecule has 3 aromatic carbocycles. The second-order valence-corrected chi connectivity index (χ2v) is 9.70. The molecule has 3 nitrogen and oxygen atoms in total. The molecule has 0 N–H and O–H groups in total. The van der Waals surface area contributed by atoms with Gasteiger partial charge >= 0.3 is 0 Å². The molecule has 148 valence electrons. The summed E-state index contributed by atoms with van der Waals surface area (Å²) in [5.74, 6) is -0.764. The molecule has 1 saturated heterocycles. The third-order valence-corrected chi connectivity index (χ3v) is 6.72. The normalized spacial score (nSPS) is 22.0. The van der Waals surface area contributed by atoms with Crippen LogP contribution >= 0.6 is 43.5 Å². The molecule has 0 spiro atoms. The quantitative estimate of drug-likeness (QED) is 0.276. The van der Waals surface area contributed by atoms with E-state index in [1.807, 2.05) is 31.2 Å². The monoisotopic (exact) mass is 533 g/mol. The topological polar surface area (TPSA) is 23.4 Å². The van der Waals surface area contributed by atoms with E-state index in [0.717, 1.165) is 14.5 Å². The Bertz CT molecular complexity index is 1160. The summed E-state index contributed by atoms with van der Waals surface area (Å²) in [5.41, 5.74) is 3.34. The number of rotatable bonds is 3. The number of ether oxygens (including phenoxy) is 2. The average Bonchev–Trinajstić information content (AvgIpc) is 3.21. The molecular formula is C23H18Br2ClNO2. The summed E-state index contributed by atoms with van der Waals surface area (Å²) in [6.45, 7) is 3.22. The minimum Gasteiger partial charge on any atom is -0.343 e. The summed E-state index contributed by atoms with van der Waals surface area (Å²) in [6.07, 6.45) is -0.0539. The molecule has 29 heavy (non-hydrogen) atoms. The zero-order valence-electron chi connectivity index (χ0n) is 15.7. The highest BCUT2D eigenvalue weighted by Gasteiger charge is 2.39. The molecule has 1 aromatic heterocycles. The minimum absolute atomic E-state index is 0.0539. The third kappa shape index (κ3) is 3.53. The fraction of sp³-hybridized carbons (Fsp3) is 0.217. The lowest BCUT2D eigenvalue weighted by atomic mass is 10.1. The maximum Gasteiger partial charge on any atom is 0.192 e. The van der Waals surface area contributed by atoms with Crippen molar-refractivity contribution in [1.82, 2.24) is 4.57 Å². The first-order valence-corrected chi connectivity index (χ1v) is 11.3. The van der Waals surface area contributed by atoms with Crippen molar-refractivity contribution in [2.24, 2.45) is 0 Å². The van der Waals surface area contributed by atoms with Crippen molar-refractivity contribution >= 4 is 65.3 Å². The number of halogens is 3. The highest BCUT2D eigenvalue weighted by atomic mass is 79.9. The Kier molecular flexibility index (Phi) is 5.00. The van der Waals surface area contributed by atoms with Crippen LogP contribution in [0.4, 0.5) is 0 Å². The summed E-state index contributed by atoms with van der Waals surface area (Å²) in [5, 5.41) is 3.14. The molecule has 2 heterocycles. The van der Waals surface area contributed by atoms with E-state index < -0.39 is 5.79 Å². The lowest BCUT2D eigenvalue weighted by Gasteiger charge is -2.24. The van der Waals surface area contributed by atoms with Gasteiger partial charge in [-0.1, -0.05) is 55.6 Å². The molecule has 0 bridgehead atoms. The van der Waals surface area contributed by atoms with E-state index in [1.165, 1.54) is 21.8 Å². The highest BCUT2D eigenvalue weighted by Crippen LogP contribution is 2.37. The van der Waals surface area contributed by atoms with Crippen LogP contribution in [0.25, 0.3) is 21.8 Å². The van der Waals surface area contributed by atoms with E-state index in [1.54, 1.807) is 0 Å². The average molecular weight is 536 g/mol. The Morgan fingerprint density at radius 2 is 1.55 bits per heavy atom. The number of hydrogen-bond donors (Lipinski definition) is 0. The van der Waals surface area contributed by atoms with Gasteiger partial charge in [0.25, 0.3) is 0 Å². The van der Waals surface area contributed by atoms with Gasteiger partial charge in [-0.15, -0.1) is 0 Å². The first-order valence-electron chi connectivity index (χ1n) is 9.38. The summed E-state index contributed by atoms with van der Waals surface area (Å²) in [4.78, 5) is 0. The molecule has 0 amide bonds. The number of nitrogens with zero attached hydrogens (tertiary/aromatic N) is 1. The van der Waals surface area contributed by atoms with E-state index in [4.69, 9.17) is 21.1 Å². The number of fused-ring (bicyclic) bond motifs is 3. The van der Waals surface area contributed by atoms with Gasteiger partial charge in [0.1, 0.15) is 6.10 Å². The standard InChI is InChI=1S/C23H18Br2ClNO2/c1-23(14-2-6-17(26)7-3-14)28-13-18(29-23)12-27-21-8-4-15(24)10-19(21)20-11-16(25)5-9-22(20)27/h2-11,18H,12-13H2,1H3. The zero-order valence-corrected chi connectivity index (χ0v) is 19.6. The van der Waals surface area contributed by atoms with Crippen LogP contribution < -0.4 is 0 Å². The van der Waals surface area contributed by atoms with Crippen LogP contribution in [0.2, 0.25) is 5.02 Å². The maximum absolute atomic E-state index is 6.39. The van der Waals surface area contributed by atoms with Crippen molar-refractivity contribution in [3.63, 3.8) is 0 Å². The highest BCUT2D eigenvalue weighted by molar-refractivity contribution is 9.10. The van der Waals surface area contributed by atoms with Crippen LogP contribution in [0, 0.1) is 0 Å². The fourth-order valence-electron chi connectivity index (χ4n) is 4.08. The number of benzene rings is 3. The summed E-state index contributed by atoms with van der Waals surface area (Å²) >= 11 is 13.2. The van der Waals surface area contributed by atoms with Crippen molar-refractivity contribution in [2.45, 2.75) is 25.4 Å². The minimum atomic E-state index is -0.764. The van der Waals surface area contributed by atoms with Crippen molar-refractivity contribution in [3.8, 4) is 0 Å². The Hall–Kier alpha value is -1.37. The van der Waals surface area contributed by atoms with Crippen LogP contribution in [0.1, 0.15) is 12.5 Å². The maximum atomic E-state index is 6.39. The third-order valence-electron chi connectivity index (χ3n) is 5.48. The van der Waals surface area contributed by atoms with Gasteiger partial charge in [0, 0.05) is 41.3 Å². The number of hydrogen-bond acceptors (Lipinski definition) is 2. The van der Waals surface area contributed by atoms with Gasteiger partial charge in [-0.05, 0) is 55.5 Å². The summed E-state index contributed by atoms with van der Waals surface area (Å²) < 4.78 is 16.9. The van der Waals surface area contributed by atoms with Gasteiger partial charge < -0.3 is 14.0 Å². The van der Waals surface area contributed by atoms with E-state index >= 15 is 0 Å². The SMILES string of the molecule is CC1(c2ccc(Cl)cc2)OCC(Cn2c3ccc(Br)cc3c3cc(Br)ccc32)O1. The van der Waals surface area contributed by atoms with Crippen LogP contribution in [-0.2, 0) is 21.8 Å². The van der Waals surface area contributed by atoms with E-state index in [9.17, 15) is 0 Å². The zero-order chi connectivity index (χ0) is 20.2. The Morgan fingerprint density at radius 1 is 0.966 bits per heavy atom. The second kappa shape index (κ2) is 7.40. The van der Waals surface area contributed by atoms with Crippen LogP contribution in [-0.4, -0.2) is 17.3 Å². The molecule has 6 heteroatoms. The molecule has 1 aliphatic heterocycles. The molecule has 1 fully saturated rings. The molecular weight excluding hydrogens is 518 g/mol. The molecule has 0 saturated carbocycles. The van der Waals surface area contributed by atoms with E-state index in [2.05, 4.69) is 72.8 Å². The molecule has 0 radical (unpaired) electrons. The smallest absolute Gasteiger partial charge is 0.192 e. The van der Waals surface area contributed by atoms with Crippen LogP contribution in [0.3, 0.4) is 0 Å². The van der Waals surface area contributed by atoms with Gasteiger partial charge in [-0.3, -0.25) is 0 Å². The van der Waals surface area contributed by atoms with Gasteiger partial charge in [0.15, 0.2) is 5.79 Å². The predicted octanol–water partition coefficient (Wildman–Crippen LogP) is 7.26. The van der Waals surface area contributed by atoms with Crippen molar-refractivity contribution in [2.75, 3.05) is 6.61 Å². The van der Waals surface area contributed by atoms with Gasteiger partial charge in [0.05, 0.1) is 13.2 Å². The fourth-order valence-corrected chi connectivity index (χ4v) is 4.93. The summed E-state index contributed by atoms with van der Waals surface area (Å²) in [7, 11) is 0. The van der Waals surface area contributed by atoms with Crippen molar-refractivity contribution in [1.29, 1.82) is 0 Å². The van der Waals surface area contributed by atoms with Gasteiger partial charge in [-0.25, -0.2) is 0 Å². The van der Waals surface area contributed by atoms with Gasteiger partial charge in [0.2, 0.25) is 0 Å². The van der Waals surface area contributed by atoms with Gasteiger partial charge in [-0.2, -0.15) is 0 Å². The Balaban J connectivity index is 1.51. The molecule has 5 rings (SSSR count). The number of aromatic nitrogens is 1.